The molecule has 3 amide bonds. The summed E-state index contributed by atoms with van der Waals surface area (Å²) < 4.78 is 5.06. The summed E-state index contributed by atoms with van der Waals surface area (Å²) in [5, 5.41) is 0. The topological polar surface area (TPSA) is 84.0 Å². The Bertz CT molecular complexity index is 965. The van der Waals surface area contributed by atoms with Crippen LogP contribution in [0.2, 0.25) is 0 Å². The van der Waals surface area contributed by atoms with Crippen LogP contribution in [0.4, 0.5) is 5.69 Å². The minimum atomic E-state index is -0.803. The molecule has 0 saturated heterocycles. The molecule has 0 fully saturated rings. The molecule has 0 unspecified atom stereocenters. The van der Waals surface area contributed by atoms with Crippen molar-refractivity contribution in [1.29, 1.82) is 0 Å². The molecule has 7 nitrogen and oxygen atoms in total. The first-order valence-electron chi connectivity index (χ1n) is 8.98. The lowest BCUT2D eigenvalue weighted by molar-refractivity contribution is -0.148. The van der Waals surface area contributed by atoms with Crippen LogP contribution >= 0.6 is 0 Å². The fourth-order valence-electron chi connectivity index (χ4n) is 3.71. The molecule has 0 N–H and O–H groups in total. The molecule has 2 aromatic rings. The van der Waals surface area contributed by atoms with Gasteiger partial charge >= 0.3 is 5.97 Å². The number of ether oxygens (including phenoxy) is 1. The van der Waals surface area contributed by atoms with E-state index < -0.39 is 30.9 Å². The number of rotatable bonds is 4. The van der Waals surface area contributed by atoms with Crippen molar-refractivity contribution in [3.8, 4) is 0 Å². The number of imide groups is 1. The van der Waals surface area contributed by atoms with Crippen LogP contribution in [0.15, 0.2) is 48.5 Å². The second kappa shape index (κ2) is 6.92. The van der Waals surface area contributed by atoms with Crippen LogP contribution in [0, 0.1) is 0 Å². The predicted molar refractivity (Wildman–Crippen MR) is 99.9 cm³/mol. The van der Waals surface area contributed by atoms with Crippen LogP contribution in [0.1, 0.15) is 33.2 Å². The number of esters is 1. The van der Waals surface area contributed by atoms with Gasteiger partial charge < -0.3 is 9.64 Å². The molecule has 2 aliphatic heterocycles. The summed E-state index contributed by atoms with van der Waals surface area (Å²) in [7, 11) is 0. The quantitative estimate of drug-likeness (QED) is 0.598. The van der Waals surface area contributed by atoms with Crippen LogP contribution in [-0.2, 0) is 20.7 Å². The van der Waals surface area contributed by atoms with E-state index in [0.29, 0.717) is 0 Å². The number of hydrogen-bond acceptors (Lipinski definition) is 5. The van der Waals surface area contributed by atoms with Gasteiger partial charge in [-0.05, 0) is 37.1 Å². The zero-order valence-electron chi connectivity index (χ0n) is 15.3. The number of para-hydroxylation sites is 1. The van der Waals surface area contributed by atoms with Crippen molar-refractivity contribution in [2.75, 3.05) is 18.1 Å². The molecule has 0 bridgehead atoms. The Labute approximate surface area is 161 Å². The summed E-state index contributed by atoms with van der Waals surface area (Å²) in [5.74, 6) is -2.21. The monoisotopic (exact) mass is 378 g/mol. The molecule has 0 radical (unpaired) electrons. The molecular formula is C21H18N2O5. The molecular weight excluding hydrogens is 360 g/mol. The van der Waals surface area contributed by atoms with Crippen LogP contribution in [-0.4, -0.2) is 47.8 Å². The second-order valence-electron chi connectivity index (χ2n) is 6.85. The largest absolute Gasteiger partial charge is 0.454 e. The predicted octanol–water partition coefficient (Wildman–Crippen LogP) is 1.80. The number of benzene rings is 2. The minimum absolute atomic E-state index is 0.0279. The van der Waals surface area contributed by atoms with E-state index in [2.05, 4.69) is 0 Å². The van der Waals surface area contributed by atoms with E-state index in [1.165, 1.54) is 12.1 Å². The molecule has 4 rings (SSSR count). The standard InChI is InChI=1S/C21H18N2O5/c1-13-10-14-6-2-5-9-17(14)23(13)18(24)12-28-19(25)11-22-20(26)15-7-3-4-8-16(15)21(22)27/h2-9,13H,10-12H2,1H3/t13-/m0/s1. The lowest BCUT2D eigenvalue weighted by atomic mass is 10.1. The highest BCUT2D eigenvalue weighted by molar-refractivity contribution is 6.22. The lowest BCUT2D eigenvalue weighted by Crippen LogP contribution is -2.40. The number of anilines is 1. The normalized spacial score (nSPS) is 17.5. The summed E-state index contributed by atoms with van der Waals surface area (Å²) in [6.07, 6.45) is 0.741. The highest BCUT2D eigenvalue weighted by Gasteiger charge is 2.37. The van der Waals surface area contributed by atoms with E-state index in [0.717, 1.165) is 22.6 Å². The molecule has 7 heteroatoms. The van der Waals surface area contributed by atoms with Gasteiger partial charge in [0.05, 0.1) is 11.1 Å². The summed E-state index contributed by atoms with van der Waals surface area (Å²) in [5.41, 5.74) is 2.41. The first kappa shape index (κ1) is 17.9. The summed E-state index contributed by atoms with van der Waals surface area (Å²) in [4.78, 5) is 51.8. The van der Waals surface area contributed by atoms with Gasteiger partial charge in [-0.15, -0.1) is 0 Å². The number of carbonyl (C=O) groups excluding carboxylic acids is 4. The van der Waals surface area contributed by atoms with Crippen molar-refractivity contribution in [2.45, 2.75) is 19.4 Å². The van der Waals surface area contributed by atoms with Crippen molar-refractivity contribution in [1.82, 2.24) is 4.90 Å². The summed E-state index contributed by atoms with van der Waals surface area (Å²) >= 11 is 0. The van der Waals surface area contributed by atoms with E-state index in [9.17, 15) is 19.2 Å². The van der Waals surface area contributed by atoms with Crippen LogP contribution < -0.4 is 4.90 Å². The third-order valence-electron chi connectivity index (χ3n) is 5.00. The van der Waals surface area contributed by atoms with Gasteiger partial charge in [0.1, 0.15) is 6.54 Å². The zero-order valence-corrected chi connectivity index (χ0v) is 15.3. The number of hydrogen-bond donors (Lipinski definition) is 0. The number of carbonyl (C=O) groups is 4. The molecule has 1 atom stereocenters. The highest BCUT2D eigenvalue weighted by Crippen LogP contribution is 2.31. The molecule has 28 heavy (non-hydrogen) atoms. The first-order chi connectivity index (χ1) is 13.5. The Morgan fingerprint density at radius 1 is 1.00 bits per heavy atom. The fraction of sp³-hybridized carbons (Fsp3) is 0.238. The molecule has 2 aromatic carbocycles. The van der Waals surface area contributed by atoms with Gasteiger partial charge in [0, 0.05) is 11.7 Å². The van der Waals surface area contributed by atoms with E-state index in [4.69, 9.17) is 4.74 Å². The molecule has 0 aromatic heterocycles. The maximum atomic E-state index is 12.6. The minimum Gasteiger partial charge on any atom is -0.454 e. The van der Waals surface area contributed by atoms with Crippen molar-refractivity contribution in [3.63, 3.8) is 0 Å². The van der Waals surface area contributed by atoms with Gasteiger partial charge in [-0.3, -0.25) is 24.1 Å². The van der Waals surface area contributed by atoms with Crippen molar-refractivity contribution in [3.05, 3.63) is 65.2 Å². The Hall–Kier alpha value is -3.48. The van der Waals surface area contributed by atoms with Crippen molar-refractivity contribution >= 4 is 29.4 Å². The van der Waals surface area contributed by atoms with Crippen LogP contribution in [0.25, 0.3) is 0 Å². The third-order valence-corrected chi connectivity index (χ3v) is 5.00. The first-order valence-corrected chi connectivity index (χ1v) is 8.98. The maximum Gasteiger partial charge on any atom is 0.326 e. The van der Waals surface area contributed by atoms with Crippen molar-refractivity contribution in [2.24, 2.45) is 0 Å². The van der Waals surface area contributed by atoms with Crippen LogP contribution in [0.5, 0.6) is 0 Å². The van der Waals surface area contributed by atoms with Gasteiger partial charge in [0.2, 0.25) is 0 Å². The lowest BCUT2D eigenvalue weighted by Gasteiger charge is -2.22. The van der Waals surface area contributed by atoms with Gasteiger partial charge in [0.15, 0.2) is 6.61 Å². The smallest absolute Gasteiger partial charge is 0.326 e. The fourth-order valence-corrected chi connectivity index (χ4v) is 3.71. The van der Waals surface area contributed by atoms with Gasteiger partial charge in [-0.2, -0.15) is 0 Å². The van der Waals surface area contributed by atoms with Crippen molar-refractivity contribution < 1.29 is 23.9 Å². The second-order valence-corrected chi connectivity index (χ2v) is 6.85. The van der Waals surface area contributed by atoms with Gasteiger partial charge in [-0.25, -0.2) is 0 Å². The Kier molecular flexibility index (Phi) is 4.43. The van der Waals surface area contributed by atoms with E-state index in [1.807, 2.05) is 31.2 Å². The molecule has 142 valence electrons. The number of fused-ring (bicyclic) bond motifs is 2. The molecule has 0 saturated carbocycles. The highest BCUT2D eigenvalue weighted by atomic mass is 16.5. The molecule has 2 aliphatic rings. The maximum absolute atomic E-state index is 12.6. The average Bonchev–Trinajstić information content (AvgIpc) is 3.15. The Morgan fingerprint density at radius 3 is 2.29 bits per heavy atom. The van der Waals surface area contributed by atoms with E-state index in [1.54, 1.807) is 17.0 Å². The van der Waals surface area contributed by atoms with Gasteiger partial charge in [0.25, 0.3) is 17.7 Å². The average molecular weight is 378 g/mol. The SMILES string of the molecule is C[C@H]1Cc2ccccc2N1C(=O)COC(=O)CN1C(=O)c2ccccc2C1=O. The number of nitrogens with zero attached hydrogens (tertiary/aromatic N) is 2. The molecule has 0 aliphatic carbocycles. The zero-order chi connectivity index (χ0) is 19.8. The summed E-state index contributed by atoms with van der Waals surface area (Å²) in [6.45, 7) is 0.963. The Balaban J connectivity index is 1.37. The van der Waals surface area contributed by atoms with Crippen LogP contribution in [0.3, 0.4) is 0 Å². The number of amides is 3. The van der Waals surface area contributed by atoms with Gasteiger partial charge in [-0.1, -0.05) is 30.3 Å². The molecule has 0 spiro atoms. The Morgan fingerprint density at radius 2 is 1.61 bits per heavy atom. The van der Waals surface area contributed by atoms with E-state index >= 15 is 0 Å². The molecule has 2 heterocycles. The summed E-state index contributed by atoms with van der Waals surface area (Å²) in [6, 6.07) is 13.9. The van der Waals surface area contributed by atoms with E-state index in [-0.39, 0.29) is 23.1 Å². The third kappa shape index (κ3) is 2.94.